The highest BCUT2D eigenvalue weighted by Gasteiger charge is 2.06. The third kappa shape index (κ3) is 5.85. The van der Waals surface area contributed by atoms with Crippen molar-refractivity contribution >= 4 is 5.97 Å². The Morgan fingerprint density at radius 2 is 2.00 bits per heavy atom. The lowest BCUT2D eigenvalue weighted by molar-refractivity contribution is -0.148. The lowest BCUT2D eigenvalue weighted by atomic mass is 10.2. The van der Waals surface area contributed by atoms with E-state index in [2.05, 4.69) is 0 Å². The van der Waals surface area contributed by atoms with Crippen molar-refractivity contribution in [3.8, 4) is 0 Å². The molecule has 0 aliphatic rings. The summed E-state index contributed by atoms with van der Waals surface area (Å²) >= 11 is 0. The zero-order chi connectivity index (χ0) is 8.69. The summed E-state index contributed by atoms with van der Waals surface area (Å²) < 4.78 is 9.83. The molecular formula is C8H16O3. The van der Waals surface area contributed by atoms with Crippen LogP contribution in [-0.4, -0.2) is 25.8 Å². The van der Waals surface area contributed by atoms with Crippen molar-refractivity contribution in [2.24, 2.45) is 5.92 Å². The molecule has 3 heteroatoms. The van der Waals surface area contributed by atoms with Crippen LogP contribution in [0.5, 0.6) is 0 Å². The Labute approximate surface area is 67.7 Å². The number of carbonyl (C=O) groups excluding carboxylic acids is 1. The van der Waals surface area contributed by atoms with Gasteiger partial charge in [-0.2, -0.15) is 0 Å². The molecular weight excluding hydrogens is 144 g/mol. The van der Waals surface area contributed by atoms with E-state index < -0.39 is 0 Å². The molecule has 0 aromatic carbocycles. The van der Waals surface area contributed by atoms with Crippen LogP contribution >= 0.6 is 0 Å². The number of ether oxygens (including phenoxy) is 2. The van der Waals surface area contributed by atoms with Gasteiger partial charge < -0.3 is 9.47 Å². The van der Waals surface area contributed by atoms with E-state index >= 15 is 0 Å². The Kier molecular flexibility index (Phi) is 5.84. The van der Waals surface area contributed by atoms with Gasteiger partial charge in [0.25, 0.3) is 0 Å². The summed E-state index contributed by atoms with van der Waals surface area (Å²) in [7, 11) is 0. The minimum absolute atomic E-state index is 0.0448. The fraction of sp³-hybridized carbons (Fsp3) is 0.875. The van der Waals surface area contributed by atoms with Crippen molar-refractivity contribution in [1.82, 2.24) is 0 Å². The molecule has 0 saturated heterocycles. The second-order valence-electron chi connectivity index (χ2n) is 2.52. The van der Waals surface area contributed by atoms with E-state index in [1.807, 2.05) is 20.8 Å². The van der Waals surface area contributed by atoms with Gasteiger partial charge in [0.15, 0.2) is 0 Å². The lowest BCUT2D eigenvalue weighted by Crippen LogP contribution is -2.15. The van der Waals surface area contributed by atoms with E-state index in [0.29, 0.717) is 19.8 Å². The highest BCUT2D eigenvalue weighted by atomic mass is 16.6. The first-order valence-corrected chi connectivity index (χ1v) is 3.92. The van der Waals surface area contributed by atoms with Crippen LogP contribution in [-0.2, 0) is 14.3 Å². The summed E-state index contributed by atoms with van der Waals surface area (Å²) in [5.74, 6) is -0.207. The van der Waals surface area contributed by atoms with E-state index in [4.69, 9.17) is 9.47 Å². The molecule has 0 unspecified atom stereocenters. The van der Waals surface area contributed by atoms with Crippen molar-refractivity contribution in [2.75, 3.05) is 19.8 Å². The first-order chi connectivity index (χ1) is 5.18. The Morgan fingerprint density at radius 3 is 2.45 bits per heavy atom. The largest absolute Gasteiger partial charge is 0.463 e. The second kappa shape index (κ2) is 6.16. The van der Waals surface area contributed by atoms with E-state index in [1.54, 1.807) is 0 Å². The van der Waals surface area contributed by atoms with Gasteiger partial charge in [0.05, 0.1) is 12.5 Å². The number of rotatable bonds is 5. The molecule has 3 nitrogen and oxygen atoms in total. The van der Waals surface area contributed by atoms with Gasteiger partial charge in [0, 0.05) is 6.61 Å². The van der Waals surface area contributed by atoms with Gasteiger partial charge in [-0.3, -0.25) is 4.79 Å². The summed E-state index contributed by atoms with van der Waals surface area (Å²) in [6.07, 6.45) is 0. The Morgan fingerprint density at radius 1 is 1.36 bits per heavy atom. The van der Waals surface area contributed by atoms with Crippen molar-refractivity contribution in [3.63, 3.8) is 0 Å². The van der Waals surface area contributed by atoms with Gasteiger partial charge in [0.1, 0.15) is 6.61 Å². The number of esters is 1. The average molecular weight is 160 g/mol. The molecule has 0 saturated carbocycles. The molecule has 0 aliphatic carbocycles. The minimum Gasteiger partial charge on any atom is -0.463 e. The Bertz CT molecular complexity index is 110. The Hall–Kier alpha value is -0.570. The molecule has 0 radical (unpaired) electrons. The van der Waals surface area contributed by atoms with Gasteiger partial charge in [0.2, 0.25) is 0 Å². The maximum absolute atomic E-state index is 10.8. The van der Waals surface area contributed by atoms with Crippen LogP contribution in [0.15, 0.2) is 0 Å². The van der Waals surface area contributed by atoms with Crippen LogP contribution in [0, 0.1) is 5.92 Å². The van der Waals surface area contributed by atoms with Gasteiger partial charge >= 0.3 is 5.97 Å². The van der Waals surface area contributed by atoms with Crippen LogP contribution in [0.1, 0.15) is 20.8 Å². The van der Waals surface area contributed by atoms with Crippen molar-refractivity contribution < 1.29 is 14.3 Å². The normalized spacial score (nSPS) is 10.2. The van der Waals surface area contributed by atoms with Crippen molar-refractivity contribution in [1.29, 1.82) is 0 Å². The highest BCUT2D eigenvalue weighted by molar-refractivity contribution is 5.71. The maximum atomic E-state index is 10.8. The third-order valence-electron chi connectivity index (χ3n) is 1.15. The van der Waals surface area contributed by atoms with Gasteiger partial charge in [-0.05, 0) is 6.92 Å². The summed E-state index contributed by atoms with van der Waals surface area (Å²) in [5.41, 5.74) is 0. The summed E-state index contributed by atoms with van der Waals surface area (Å²) in [6.45, 7) is 7.05. The van der Waals surface area contributed by atoms with Crippen LogP contribution in [0.2, 0.25) is 0 Å². The molecule has 66 valence electrons. The van der Waals surface area contributed by atoms with Crippen molar-refractivity contribution in [3.05, 3.63) is 0 Å². The monoisotopic (exact) mass is 160 g/mol. The first-order valence-electron chi connectivity index (χ1n) is 3.92. The molecule has 0 spiro atoms. The maximum Gasteiger partial charge on any atom is 0.308 e. The van der Waals surface area contributed by atoms with Crippen LogP contribution in [0.3, 0.4) is 0 Å². The van der Waals surface area contributed by atoms with Gasteiger partial charge in [-0.15, -0.1) is 0 Å². The van der Waals surface area contributed by atoms with Crippen molar-refractivity contribution in [2.45, 2.75) is 20.8 Å². The molecule has 0 aliphatic heterocycles. The smallest absolute Gasteiger partial charge is 0.308 e. The van der Waals surface area contributed by atoms with Crippen LogP contribution < -0.4 is 0 Å². The summed E-state index contributed by atoms with van der Waals surface area (Å²) in [4.78, 5) is 10.8. The minimum atomic E-state index is -0.162. The highest BCUT2D eigenvalue weighted by Crippen LogP contribution is 1.94. The molecule has 11 heavy (non-hydrogen) atoms. The average Bonchev–Trinajstić information content (AvgIpc) is 1.97. The van der Waals surface area contributed by atoms with Crippen LogP contribution in [0.4, 0.5) is 0 Å². The molecule has 0 aromatic rings. The van der Waals surface area contributed by atoms with Gasteiger partial charge in [-0.25, -0.2) is 0 Å². The molecule has 0 bridgehead atoms. The third-order valence-corrected chi connectivity index (χ3v) is 1.15. The van der Waals surface area contributed by atoms with E-state index in [0.717, 1.165) is 0 Å². The fourth-order valence-electron chi connectivity index (χ4n) is 0.512. The predicted molar refractivity (Wildman–Crippen MR) is 42.3 cm³/mol. The number of hydrogen-bond acceptors (Lipinski definition) is 3. The predicted octanol–water partition coefficient (Wildman–Crippen LogP) is 1.22. The fourth-order valence-corrected chi connectivity index (χ4v) is 0.512. The zero-order valence-electron chi connectivity index (χ0n) is 7.42. The van der Waals surface area contributed by atoms with Gasteiger partial charge in [-0.1, -0.05) is 13.8 Å². The number of hydrogen-bond donors (Lipinski definition) is 0. The SMILES string of the molecule is CCOCCOC(=O)C(C)C. The molecule has 0 fully saturated rings. The number of carbonyl (C=O) groups is 1. The second-order valence-corrected chi connectivity index (χ2v) is 2.52. The molecule has 0 N–H and O–H groups in total. The molecule has 0 aromatic heterocycles. The molecule has 0 amide bonds. The molecule has 0 atom stereocenters. The quantitative estimate of drug-likeness (QED) is 0.448. The lowest BCUT2D eigenvalue weighted by Gasteiger charge is -2.06. The molecule has 0 rings (SSSR count). The zero-order valence-corrected chi connectivity index (χ0v) is 7.42. The van der Waals surface area contributed by atoms with Crippen LogP contribution in [0.25, 0.3) is 0 Å². The Balaban J connectivity index is 3.18. The summed E-state index contributed by atoms with van der Waals surface area (Å²) in [5, 5.41) is 0. The van der Waals surface area contributed by atoms with E-state index in [-0.39, 0.29) is 11.9 Å². The van der Waals surface area contributed by atoms with E-state index in [1.165, 1.54) is 0 Å². The standard InChI is InChI=1S/C8H16O3/c1-4-10-5-6-11-8(9)7(2)3/h7H,4-6H2,1-3H3. The molecule has 0 heterocycles. The topological polar surface area (TPSA) is 35.5 Å². The van der Waals surface area contributed by atoms with E-state index in [9.17, 15) is 4.79 Å². The summed E-state index contributed by atoms with van der Waals surface area (Å²) in [6, 6.07) is 0. The first kappa shape index (κ1) is 10.4.